The summed E-state index contributed by atoms with van der Waals surface area (Å²) in [5.41, 5.74) is 5.25. The third-order valence-corrected chi connectivity index (χ3v) is 7.59. The second-order valence-corrected chi connectivity index (χ2v) is 10.2. The van der Waals surface area contributed by atoms with Gasteiger partial charge in [-0.05, 0) is 72.5 Å². The van der Waals surface area contributed by atoms with Crippen molar-refractivity contribution in [2.75, 3.05) is 50.7 Å². The van der Waals surface area contributed by atoms with Crippen molar-refractivity contribution in [2.24, 2.45) is 0 Å². The molecule has 0 radical (unpaired) electrons. The largest absolute Gasteiger partial charge is 0.372 e. The van der Waals surface area contributed by atoms with Gasteiger partial charge in [-0.15, -0.1) is 0 Å². The fourth-order valence-electron chi connectivity index (χ4n) is 5.26. The second-order valence-electron chi connectivity index (χ2n) is 10.2. The molecule has 2 heterocycles. The quantitative estimate of drug-likeness (QED) is 0.427. The van der Waals surface area contributed by atoms with Gasteiger partial charge >= 0.3 is 0 Å². The lowest BCUT2D eigenvalue weighted by molar-refractivity contribution is 0.00344. The first-order valence-corrected chi connectivity index (χ1v) is 13.6. The van der Waals surface area contributed by atoms with Crippen LogP contribution in [0.2, 0.25) is 0 Å². The molecule has 0 N–H and O–H groups in total. The van der Waals surface area contributed by atoms with Crippen LogP contribution in [0.3, 0.4) is 0 Å². The molecule has 0 aliphatic carbocycles. The van der Waals surface area contributed by atoms with Crippen LogP contribution in [0.5, 0.6) is 0 Å². The van der Waals surface area contributed by atoms with Gasteiger partial charge in [0, 0.05) is 57.1 Å². The third kappa shape index (κ3) is 6.64. The van der Waals surface area contributed by atoms with Crippen LogP contribution in [0.1, 0.15) is 51.6 Å². The zero-order chi connectivity index (χ0) is 27.0. The summed E-state index contributed by atoms with van der Waals surface area (Å²) in [5, 5.41) is 18.1. The molecule has 2 fully saturated rings. The molecule has 5 rings (SSSR count). The summed E-state index contributed by atoms with van der Waals surface area (Å²) in [6, 6.07) is 27.4. The van der Waals surface area contributed by atoms with Crippen LogP contribution in [0.25, 0.3) is 0 Å². The Hall–Kier alpha value is -4.17. The molecule has 3 aromatic carbocycles. The number of piperazine rings is 1. The SMILES string of the molecule is N#Cc1ccc(CO[C@@H](CN2CCN(C(=O)c3ccc(C#N)cc3)CC2)c2cccc(N3CCCC3)c2)cc1. The molecule has 2 aliphatic heterocycles. The van der Waals surface area contributed by atoms with Gasteiger partial charge in [0.25, 0.3) is 5.91 Å². The number of benzene rings is 3. The van der Waals surface area contributed by atoms with E-state index in [2.05, 4.69) is 46.2 Å². The van der Waals surface area contributed by atoms with Gasteiger partial charge in [0.1, 0.15) is 0 Å². The molecule has 0 bridgehead atoms. The molecule has 0 unspecified atom stereocenters. The van der Waals surface area contributed by atoms with Gasteiger partial charge in [-0.25, -0.2) is 0 Å². The number of ether oxygens (including phenoxy) is 1. The highest BCUT2D eigenvalue weighted by Crippen LogP contribution is 2.28. The van der Waals surface area contributed by atoms with Crippen molar-refractivity contribution >= 4 is 11.6 Å². The van der Waals surface area contributed by atoms with E-state index in [1.165, 1.54) is 18.5 Å². The maximum atomic E-state index is 13.0. The average molecular weight is 520 g/mol. The Morgan fingerprint density at radius 3 is 2.10 bits per heavy atom. The standard InChI is InChI=1S/C32H33N5O2/c33-21-25-6-8-27(9-7-25)24-39-31(29-4-3-5-30(20-29)36-14-1-2-15-36)23-35-16-18-37(19-17-35)32(38)28-12-10-26(22-34)11-13-28/h3-13,20,31H,1-2,14-19,23-24H2/t31-/m0/s1. The molecular weight excluding hydrogens is 486 g/mol. The summed E-state index contributed by atoms with van der Waals surface area (Å²) in [7, 11) is 0. The summed E-state index contributed by atoms with van der Waals surface area (Å²) in [6.45, 7) is 6.21. The number of anilines is 1. The van der Waals surface area contributed by atoms with Gasteiger partial charge in [-0.3, -0.25) is 9.69 Å². The molecule has 7 heteroatoms. The number of nitrogens with zero attached hydrogens (tertiary/aromatic N) is 5. The maximum absolute atomic E-state index is 13.0. The molecule has 0 spiro atoms. The minimum Gasteiger partial charge on any atom is -0.372 e. The normalized spacial score (nSPS) is 16.5. The number of hydrogen-bond acceptors (Lipinski definition) is 6. The predicted molar refractivity (Wildman–Crippen MR) is 150 cm³/mol. The highest BCUT2D eigenvalue weighted by atomic mass is 16.5. The van der Waals surface area contributed by atoms with Crippen LogP contribution in [0.15, 0.2) is 72.8 Å². The van der Waals surface area contributed by atoms with E-state index in [1.807, 2.05) is 29.2 Å². The topological polar surface area (TPSA) is 83.6 Å². The Morgan fingerprint density at radius 1 is 0.821 bits per heavy atom. The van der Waals surface area contributed by atoms with Crippen LogP contribution < -0.4 is 4.90 Å². The number of amides is 1. The predicted octanol–water partition coefficient (Wildman–Crippen LogP) is 4.75. The summed E-state index contributed by atoms with van der Waals surface area (Å²) in [6.07, 6.45) is 2.34. The van der Waals surface area contributed by atoms with E-state index in [1.54, 1.807) is 24.3 Å². The molecular formula is C32H33N5O2. The Kier molecular flexibility index (Phi) is 8.53. The first-order chi connectivity index (χ1) is 19.1. The van der Waals surface area contributed by atoms with Crippen molar-refractivity contribution in [3.8, 4) is 12.1 Å². The Bertz CT molecular complexity index is 1340. The average Bonchev–Trinajstić information content (AvgIpc) is 3.55. The van der Waals surface area contributed by atoms with Crippen LogP contribution >= 0.6 is 0 Å². The van der Waals surface area contributed by atoms with E-state index in [-0.39, 0.29) is 12.0 Å². The number of carbonyl (C=O) groups excluding carboxylic acids is 1. The van der Waals surface area contributed by atoms with Crippen molar-refractivity contribution in [1.29, 1.82) is 10.5 Å². The highest BCUT2D eigenvalue weighted by molar-refractivity contribution is 5.94. The number of carbonyl (C=O) groups is 1. The van der Waals surface area contributed by atoms with Gasteiger partial charge in [-0.1, -0.05) is 24.3 Å². The number of rotatable bonds is 8. The van der Waals surface area contributed by atoms with Gasteiger partial charge in [0.2, 0.25) is 0 Å². The summed E-state index contributed by atoms with van der Waals surface area (Å²) in [4.78, 5) is 19.7. The zero-order valence-corrected chi connectivity index (χ0v) is 22.1. The zero-order valence-electron chi connectivity index (χ0n) is 22.1. The molecule has 3 aromatic rings. The van der Waals surface area contributed by atoms with E-state index < -0.39 is 0 Å². The molecule has 7 nitrogen and oxygen atoms in total. The second kappa shape index (κ2) is 12.6. The molecule has 1 atom stereocenters. The minimum absolute atomic E-state index is 0.00562. The monoisotopic (exact) mass is 519 g/mol. The summed E-state index contributed by atoms with van der Waals surface area (Å²) in [5.74, 6) is 0.00562. The lowest BCUT2D eigenvalue weighted by atomic mass is 10.1. The van der Waals surface area contributed by atoms with E-state index in [9.17, 15) is 4.79 Å². The first-order valence-electron chi connectivity index (χ1n) is 13.6. The van der Waals surface area contributed by atoms with Crippen LogP contribution in [0, 0.1) is 22.7 Å². The van der Waals surface area contributed by atoms with Gasteiger partial charge in [0.05, 0.1) is 36.0 Å². The van der Waals surface area contributed by atoms with Crippen LogP contribution in [0.4, 0.5) is 5.69 Å². The Morgan fingerprint density at radius 2 is 1.46 bits per heavy atom. The number of hydrogen-bond donors (Lipinski definition) is 0. The van der Waals surface area contributed by atoms with E-state index >= 15 is 0 Å². The lowest BCUT2D eigenvalue weighted by Crippen LogP contribution is -2.49. The molecule has 198 valence electrons. The highest BCUT2D eigenvalue weighted by Gasteiger charge is 2.25. The third-order valence-electron chi connectivity index (χ3n) is 7.59. The fraction of sp³-hybridized carbons (Fsp3) is 0.344. The van der Waals surface area contributed by atoms with E-state index in [0.29, 0.717) is 36.4 Å². The Labute approximate surface area is 230 Å². The molecule has 39 heavy (non-hydrogen) atoms. The molecule has 0 aromatic heterocycles. The molecule has 0 saturated carbocycles. The van der Waals surface area contributed by atoms with Crippen molar-refractivity contribution < 1.29 is 9.53 Å². The smallest absolute Gasteiger partial charge is 0.253 e. The van der Waals surface area contributed by atoms with Gasteiger partial charge < -0.3 is 14.5 Å². The minimum atomic E-state index is -0.121. The lowest BCUT2D eigenvalue weighted by Gasteiger charge is -2.36. The van der Waals surface area contributed by atoms with Gasteiger partial charge in [-0.2, -0.15) is 10.5 Å². The van der Waals surface area contributed by atoms with Crippen LogP contribution in [-0.2, 0) is 11.3 Å². The molecule has 2 aliphatic rings. The van der Waals surface area contributed by atoms with Crippen molar-refractivity contribution in [2.45, 2.75) is 25.6 Å². The van der Waals surface area contributed by atoms with Crippen LogP contribution in [-0.4, -0.2) is 61.5 Å². The maximum Gasteiger partial charge on any atom is 0.253 e. The first kappa shape index (κ1) is 26.4. The summed E-state index contributed by atoms with van der Waals surface area (Å²) < 4.78 is 6.52. The molecule has 1 amide bonds. The van der Waals surface area contributed by atoms with E-state index in [4.69, 9.17) is 15.3 Å². The number of nitriles is 2. The van der Waals surface area contributed by atoms with Crippen molar-refractivity contribution in [3.05, 3.63) is 101 Å². The fourth-order valence-corrected chi connectivity index (χ4v) is 5.26. The van der Waals surface area contributed by atoms with Crippen molar-refractivity contribution in [1.82, 2.24) is 9.80 Å². The van der Waals surface area contributed by atoms with Crippen molar-refractivity contribution in [3.63, 3.8) is 0 Å². The molecule has 2 saturated heterocycles. The van der Waals surface area contributed by atoms with Gasteiger partial charge in [0.15, 0.2) is 0 Å². The summed E-state index contributed by atoms with van der Waals surface area (Å²) >= 11 is 0. The van der Waals surface area contributed by atoms with E-state index in [0.717, 1.165) is 43.9 Å². The Balaban J connectivity index is 1.25.